The highest BCUT2D eigenvalue weighted by atomic mass is 35.5. The van der Waals surface area contributed by atoms with E-state index in [1.807, 2.05) is 4.90 Å². The van der Waals surface area contributed by atoms with Crippen molar-refractivity contribution in [2.45, 2.75) is 45.1 Å². The van der Waals surface area contributed by atoms with E-state index < -0.39 is 0 Å². The van der Waals surface area contributed by atoms with Gasteiger partial charge < -0.3 is 9.80 Å². The van der Waals surface area contributed by atoms with Crippen LogP contribution in [-0.2, 0) is 9.59 Å². The lowest BCUT2D eigenvalue weighted by molar-refractivity contribution is -0.139. The number of nitrogens with zero attached hydrogens (tertiary/aromatic N) is 2. The second-order valence-corrected chi connectivity index (χ2v) is 7.41. The van der Waals surface area contributed by atoms with Gasteiger partial charge in [0.05, 0.1) is 16.0 Å². The van der Waals surface area contributed by atoms with Crippen LogP contribution in [0.3, 0.4) is 0 Å². The molecule has 0 bridgehead atoms. The zero-order valence-corrected chi connectivity index (χ0v) is 15.3. The van der Waals surface area contributed by atoms with Crippen LogP contribution >= 0.6 is 23.2 Å². The number of halogens is 2. The van der Waals surface area contributed by atoms with Crippen molar-refractivity contribution in [3.63, 3.8) is 0 Å². The molecular weight excluding hydrogens is 347 g/mol. The maximum Gasteiger partial charge on any atom is 0.228 e. The summed E-state index contributed by atoms with van der Waals surface area (Å²) in [4.78, 5) is 29.0. The first kappa shape index (κ1) is 17.6. The van der Waals surface area contributed by atoms with E-state index in [0.29, 0.717) is 28.3 Å². The van der Waals surface area contributed by atoms with Gasteiger partial charge >= 0.3 is 0 Å². The lowest BCUT2D eigenvalue weighted by Gasteiger charge is -2.36. The molecule has 130 valence electrons. The van der Waals surface area contributed by atoms with Gasteiger partial charge in [-0.3, -0.25) is 9.59 Å². The molecule has 2 fully saturated rings. The highest BCUT2D eigenvalue weighted by molar-refractivity contribution is 6.42. The zero-order chi connectivity index (χ0) is 17.3. The van der Waals surface area contributed by atoms with E-state index >= 15 is 0 Å². The van der Waals surface area contributed by atoms with E-state index in [1.165, 1.54) is 6.42 Å². The van der Waals surface area contributed by atoms with Crippen LogP contribution in [0.15, 0.2) is 18.2 Å². The predicted octanol–water partition coefficient (Wildman–Crippen LogP) is 4.14. The van der Waals surface area contributed by atoms with E-state index in [4.69, 9.17) is 23.2 Å². The molecule has 2 unspecified atom stereocenters. The van der Waals surface area contributed by atoms with Crippen LogP contribution in [0.1, 0.15) is 39.0 Å². The molecule has 2 saturated heterocycles. The lowest BCUT2D eigenvalue weighted by Crippen LogP contribution is -2.46. The number of carbonyl (C=O) groups excluding carboxylic acids is 2. The number of rotatable bonds is 3. The van der Waals surface area contributed by atoms with Crippen molar-refractivity contribution >= 4 is 40.7 Å². The summed E-state index contributed by atoms with van der Waals surface area (Å²) in [5.41, 5.74) is 0.704. The maximum absolute atomic E-state index is 12.9. The summed E-state index contributed by atoms with van der Waals surface area (Å²) >= 11 is 12.0. The average molecular weight is 369 g/mol. The summed E-state index contributed by atoms with van der Waals surface area (Å²) in [5.74, 6) is -0.173. The van der Waals surface area contributed by atoms with E-state index in [2.05, 4.69) is 6.92 Å². The van der Waals surface area contributed by atoms with Crippen molar-refractivity contribution in [1.82, 2.24) is 4.90 Å². The Morgan fingerprint density at radius 1 is 1.25 bits per heavy atom. The fourth-order valence-corrected chi connectivity index (χ4v) is 4.02. The Kier molecular flexibility index (Phi) is 5.36. The Bertz CT molecular complexity index is 650. The maximum atomic E-state index is 12.9. The van der Waals surface area contributed by atoms with E-state index in [9.17, 15) is 9.59 Å². The summed E-state index contributed by atoms with van der Waals surface area (Å²) < 4.78 is 0. The lowest BCUT2D eigenvalue weighted by atomic mass is 9.97. The van der Waals surface area contributed by atoms with Crippen LogP contribution in [0.5, 0.6) is 0 Å². The van der Waals surface area contributed by atoms with Gasteiger partial charge in [-0.15, -0.1) is 0 Å². The van der Waals surface area contributed by atoms with Gasteiger partial charge in [0.15, 0.2) is 0 Å². The van der Waals surface area contributed by atoms with Crippen molar-refractivity contribution in [3.8, 4) is 0 Å². The SMILES string of the molecule is CCC1CCCCN1C(=O)C1CC(=O)N(c2ccc(Cl)c(Cl)c2)C1. The Balaban J connectivity index is 1.74. The molecule has 0 aliphatic carbocycles. The molecule has 2 aliphatic heterocycles. The van der Waals surface area contributed by atoms with E-state index in [1.54, 1.807) is 23.1 Å². The Morgan fingerprint density at radius 2 is 2.04 bits per heavy atom. The van der Waals surface area contributed by atoms with Gasteiger partial charge in [0.25, 0.3) is 0 Å². The number of benzene rings is 1. The molecule has 0 radical (unpaired) electrons. The van der Waals surface area contributed by atoms with Gasteiger partial charge in [0.1, 0.15) is 0 Å². The first-order valence-electron chi connectivity index (χ1n) is 8.57. The van der Waals surface area contributed by atoms with E-state index in [-0.39, 0.29) is 24.2 Å². The number of piperidine rings is 1. The summed E-state index contributed by atoms with van der Waals surface area (Å²) in [6.45, 7) is 3.36. The highest BCUT2D eigenvalue weighted by Crippen LogP contribution is 2.32. The van der Waals surface area contributed by atoms with Gasteiger partial charge in [-0.25, -0.2) is 0 Å². The minimum atomic E-state index is -0.265. The molecule has 2 aliphatic rings. The minimum absolute atomic E-state index is 0.0307. The molecular formula is C18H22Cl2N2O2. The molecule has 2 amide bonds. The quantitative estimate of drug-likeness (QED) is 0.804. The number of amides is 2. The van der Waals surface area contributed by atoms with Crippen LogP contribution in [0.25, 0.3) is 0 Å². The van der Waals surface area contributed by atoms with Gasteiger partial charge in [0.2, 0.25) is 11.8 Å². The molecule has 0 N–H and O–H groups in total. The second kappa shape index (κ2) is 7.32. The van der Waals surface area contributed by atoms with Gasteiger partial charge in [0, 0.05) is 31.2 Å². The number of hydrogen-bond donors (Lipinski definition) is 0. The summed E-state index contributed by atoms with van der Waals surface area (Å²) in [5, 5.41) is 0.873. The Morgan fingerprint density at radius 3 is 2.75 bits per heavy atom. The molecule has 2 heterocycles. The molecule has 0 saturated carbocycles. The van der Waals surface area contributed by atoms with Crippen molar-refractivity contribution in [2.75, 3.05) is 18.0 Å². The monoisotopic (exact) mass is 368 g/mol. The summed E-state index contributed by atoms with van der Waals surface area (Å²) in [6.07, 6.45) is 4.55. The standard InChI is InChI=1S/C18H22Cl2N2O2/c1-2-13-5-3-4-8-21(13)18(24)12-9-17(23)22(11-12)14-6-7-15(19)16(20)10-14/h6-7,10,12-13H,2-5,8-9,11H2,1H3. The Labute approximate surface area is 152 Å². The topological polar surface area (TPSA) is 40.6 Å². The smallest absolute Gasteiger partial charge is 0.228 e. The fraction of sp³-hybridized carbons (Fsp3) is 0.556. The normalized spacial score (nSPS) is 24.5. The second-order valence-electron chi connectivity index (χ2n) is 6.59. The third kappa shape index (κ3) is 3.40. The van der Waals surface area contributed by atoms with Crippen LogP contribution in [0, 0.1) is 5.92 Å². The number of likely N-dealkylation sites (tertiary alicyclic amines) is 1. The molecule has 0 spiro atoms. The summed E-state index contributed by atoms with van der Waals surface area (Å²) in [6, 6.07) is 5.46. The fourth-order valence-electron chi connectivity index (χ4n) is 3.73. The molecule has 0 aromatic heterocycles. The van der Waals surface area contributed by atoms with Crippen LogP contribution in [0.4, 0.5) is 5.69 Å². The first-order valence-corrected chi connectivity index (χ1v) is 9.32. The third-order valence-corrected chi connectivity index (χ3v) is 5.81. The number of hydrogen-bond acceptors (Lipinski definition) is 2. The minimum Gasteiger partial charge on any atom is -0.339 e. The molecule has 2 atom stereocenters. The molecule has 6 heteroatoms. The zero-order valence-electron chi connectivity index (χ0n) is 13.8. The first-order chi connectivity index (χ1) is 11.5. The van der Waals surface area contributed by atoms with Crippen LogP contribution < -0.4 is 4.90 Å². The molecule has 24 heavy (non-hydrogen) atoms. The van der Waals surface area contributed by atoms with E-state index in [0.717, 1.165) is 25.8 Å². The largest absolute Gasteiger partial charge is 0.339 e. The molecule has 1 aromatic rings. The Hall–Kier alpha value is -1.26. The van der Waals surface area contributed by atoms with Gasteiger partial charge in [-0.1, -0.05) is 30.1 Å². The van der Waals surface area contributed by atoms with Crippen molar-refractivity contribution < 1.29 is 9.59 Å². The van der Waals surface area contributed by atoms with Gasteiger partial charge in [-0.05, 0) is 43.9 Å². The summed E-state index contributed by atoms with van der Waals surface area (Å²) in [7, 11) is 0. The third-order valence-electron chi connectivity index (χ3n) is 5.07. The van der Waals surface area contributed by atoms with Gasteiger partial charge in [-0.2, -0.15) is 0 Å². The molecule has 4 nitrogen and oxygen atoms in total. The van der Waals surface area contributed by atoms with Crippen LogP contribution in [0.2, 0.25) is 10.0 Å². The number of anilines is 1. The number of carbonyl (C=O) groups is 2. The van der Waals surface area contributed by atoms with Crippen LogP contribution in [-0.4, -0.2) is 35.8 Å². The predicted molar refractivity (Wildman–Crippen MR) is 96.6 cm³/mol. The average Bonchev–Trinajstić information content (AvgIpc) is 2.98. The molecule has 1 aromatic carbocycles. The van der Waals surface area contributed by atoms with Crippen molar-refractivity contribution in [1.29, 1.82) is 0 Å². The van der Waals surface area contributed by atoms with Crippen molar-refractivity contribution in [2.24, 2.45) is 5.92 Å². The van der Waals surface area contributed by atoms with Crippen molar-refractivity contribution in [3.05, 3.63) is 28.2 Å². The molecule has 3 rings (SSSR count). The highest BCUT2D eigenvalue weighted by Gasteiger charge is 2.39.